The monoisotopic (exact) mass is 209 g/mol. The lowest BCUT2D eigenvalue weighted by Gasteiger charge is -2.39. The van der Waals surface area contributed by atoms with Gasteiger partial charge in [-0.3, -0.25) is 0 Å². The van der Waals surface area contributed by atoms with Gasteiger partial charge in [-0.05, 0) is 12.3 Å². The Balaban J connectivity index is 2.89. The van der Waals surface area contributed by atoms with E-state index in [1.807, 2.05) is 6.92 Å². The summed E-state index contributed by atoms with van der Waals surface area (Å²) in [5, 5.41) is 18.9. The molecule has 78 valence electrons. The minimum absolute atomic E-state index is 0.0695. The van der Waals surface area contributed by atoms with Gasteiger partial charge >= 0.3 is 0 Å². The molecule has 0 aromatic rings. The summed E-state index contributed by atoms with van der Waals surface area (Å²) in [5.74, 6) is -2.07. The zero-order valence-electron chi connectivity index (χ0n) is 7.77. The van der Waals surface area contributed by atoms with E-state index in [0.29, 0.717) is 6.42 Å². The summed E-state index contributed by atoms with van der Waals surface area (Å²) in [6, 6.07) is 0. The summed E-state index contributed by atoms with van der Waals surface area (Å²) in [5.41, 5.74) is 0. The van der Waals surface area contributed by atoms with Crippen LogP contribution in [0.2, 0.25) is 0 Å². The maximum Gasteiger partial charge on any atom is 0.238 e. The van der Waals surface area contributed by atoms with Crippen LogP contribution in [0.25, 0.3) is 0 Å². The molecule has 0 saturated carbocycles. The van der Waals surface area contributed by atoms with E-state index >= 15 is 0 Å². The van der Waals surface area contributed by atoms with Gasteiger partial charge in [0.1, 0.15) is 0 Å². The van der Waals surface area contributed by atoms with Crippen molar-refractivity contribution >= 4 is 10.0 Å². The fraction of sp³-hybridized carbons (Fsp3) is 1.00. The molecule has 1 aliphatic rings. The quantitative estimate of drug-likeness (QED) is 0.561. The normalized spacial score (nSPS) is 30.3. The van der Waals surface area contributed by atoms with Crippen LogP contribution in [0, 0.1) is 5.92 Å². The van der Waals surface area contributed by atoms with Gasteiger partial charge < -0.3 is 10.2 Å². The molecule has 1 heterocycles. The van der Waals surface area contributed by atoms with Crippen LogP contribution in [0.5, 0.6) is 0 Å². The first-order chi connectivity index (χ1) is 5.73. The van der Waals surface area contributed by atoms with Gasteiger partial charge in [0.2, 0.25) is 15.9 Å². The van der Waals surface area contributed by atoms with Gasteiger partial charge in [-0.15, -0.1) is 4.31 Å². The largest absolute Gasteiger partial charge is 0.353 e. The Morgan fingerprint density at radius 3 is 2.38 bits per heavy atom. The van der Waals surface area contributed by atoms with Crippen molar-refractivity contribution in [3.8, 4) is 0 Å². The predicted molar refractivity (Wildman–Crippen MR) is 47.1 cm³/mol. The van der Waals surface area contributed by atoms with Gasteiger partial charge in [-0.2, -0.15) is 0 Å². The van der Waals surface area contributed by atoms with Crippen molar-refractivity contribution in [2.75, 3.05) is 12.8 Å². The van der Waals surface area contributed by atoms with Crippen molar-refractivity contribution in [1.82, 2.24) is 4.31 Å². The van der Waals surface area contributed by atoms with E-state index in [2.05, 4.69) is 0 Å². The lowest BCUT2D eigenvalue weighted by Crippen LogP contribution is -2.55. The Morgan fingerprint density at radius 2 is 2.00 bits per heavy atom. The van der Waals surface area contributed by atoms with E-state index in [9.17, 15) is 18.6 Å². The third-order valence-electron chi connectivity index (χ3n) is 2.25. The van der Waals surface area contributed by atoms with E-state index in [1.54, 1.807) is 0 Å². The number of sulfonamides is 1. The van der Waals surface area contributed by atoms with Crippen LogP contribution < -0.4 is 0 Å². The zero-order chi connectivity index (χ0) is 10.3. The highest BCUT2D eigenvalue weighted by molar-refractivity contribution is 7.88. The number of hydrogen-bond acceptors (Lipinski definition) is 4. The Bertz CT molecular complexity index is 285. The Kier molecular flexibility index (Phi) is 2.68. The highest BCUT2D eigenvalue weighted by Crippen LogP contribution is 2.29. The lowest BCUT2D eigenvalue weighted by atomic mass is 9.98. The molecule has 13 heavy (non-hydrogen) atoms. The van der Waals surface area contributed by atoms with Crippen molar-refractivity contribution in [2.45, 2.75) is 25.7 Å². The highest BCUT2D eigenvalue weighted by atomic mass is 32.2. The van der Waals surface area contributed by atoms with Gasteiger partial charge in [-0.25, -0.2) is 8.42 Å². The highest BCUT2D eigenvalue weighted by Gasteiger charge is 2.42. The predicted octanol–water partition coefficient (Wildman–Crippen LogP) is -0.684. The number of aliphatic hydroxyl groups is 2. The molecule has 0 radical (unpaired) electrons. The SMILES string of the molecule is CC1CCN(S(C)(=O)=O)C(O)(O)C1. The summed E-state index contributed by atoms with van der Waals surface area (Å²) in [4.78, 5) is 0. The van der Waals surface area contributed by atoms with E-state index < -0.39 is 15.9 Å². The number of rotatable bonds is 1. The van der Waals surface area contributed by atoms with Crippen LogP contribution in [0.4, 0.5) is 0 Å². The fourth-order valence-electron chi connectivity index (χ4n) is 1.62. The molecule has 1 rings (SSSR count). The van der Waals surface area contributed by atoms with Crippen molar-refractivity contribution in [1.29, 1.82) is 0 Å². The van der Waals surface area contributed by atoms with Crippen LogP contribution in [0.15, 0.2) is 0 Å². The Morgan fingerprint density at radius 1 is 1.46 bits per heavy atom. The van der Waals surface area contributed by atoms with Crippen molar-refractivity contribution in [3.63, 3.8) is 0 Å². The molecule has 1 saturated heterocycles. The van der Waals surface area contributed by atoms with E-state index in [0.717, 1.165) is 10.6 Å². The van der Waals surface area contributed by atoms with Crippen LogP contribution in [0.3, 0.4) is 0 Å². The first kappa shape index (κ1) is 10.9. The van der Waals surface area contributed by atoms with Crippen molar-refractivity contribution in [2.24, 2.45) is 5.92 Å². The zero-order valence-corrected chi connectivity index (χ0v) is 8.58. The average molecular weight is 209 g/mol. The minimum atomic E-state index is -3.52. The molecule has 0 bridgehead atoms. The second kappa shape index (κ2) is 3.20. The Hall–Kier alpha value is -0.170. The number of piperidine rings is 1. The molecule has 0 spiro atoms. The standard InChI is InChI=1S/C7H15NO4S/c1-6-3-4-8(13(2,11)12)7(9,10)5-6/h6,9-10H,3-5H2,1-2H3. The third-order valence-corrected chi connectivity index (χ3v) is 3.52. The van der Waals surface area contributed by atoms with Gasteiger partial charge in [0.15, 0.2) is 0 Å². The molecule has 1 atom stereocenters. The van der Waals surface area contributed by atoms with Gasteiger partial charge in [0, 0.05) is 13.0 Å². The summed E-state index contributed by atoms with van der Waals surface area (Å²) in [7, 11) is -3.52. The maximum atomic E-state index is 11.1. The summed E-state index contributed by atoms with van der Waals surface area (Å²) < 4.78 is 23.0. The smallest absolute Gasteiger partial charge is 0.238 e. The first-order valence-corrected chi connectivity index (χ1v) is 6.01. The van der Waals surface area contributed by atoms with Crippen LogP contribution in [-0.2, 0) is 10.0 Å². The van der Waals surface area contributed by atoms with E-state index in [-0.39, 0.29) is 18.9 Å². The second-order valence-corrected chi connectivity index (χ2v) is 5.61. The van der Waals surface area contributed by atoms with E-state index in [1.165, 1.54) is 0 Å². The van der Waals surface area contributed by atoms with Gasteiger partial charge in [0.05, 0.1) is 6.26 Å². The maximum absolute atomic E-state index is 11.1. The molecule has 1 unspecified atom stereocenters. The fourth-order valence-corrected chi connectivity index (χ4v) is 2.66. The molecule has 0 aromatic heterocycles. The lowest BCUT2D eigenvalue weighted by molar-refractivity contribution is -0.254. The molecule has 1 aliphatic heterocycles. The van der Waals surface area contributed by atoms with Gasteiger partial charge in [0.25, 0.3) is 0 Å². The Labute approximate surface area is 78.0 Å². The molecule has 6 heteroatoms. The summed E-state index contributed by atoms with van der Waals surface area (Å²) in [6.07, 6.45) is 1.71. The third kappa shape index (κ3) is 2.40. The van der Waals surface area contributed by atoms with Crippen molar-refractivity contribution in [3.05, 3.63) is 0 Å². The minimum Gasteiger partial charge on any atom is -0.353 e. The van der Waals surface area contributed by atoms with Crippen LogP contribution >= 0.6 is 0 Å². The summed E-state index contributed by atoms with van der Waals surface area (Å²) in [6.45, 7) is 2.04. The van der Waals surface area contributed by atoms with Crippen molar-refractivity contribution < 1.29 is 18.6 Å². The van der Waals surface area contributed by atoms with Crippen LogP contribution in [-0.4, -0.2) is 41.6 Å². The molecule has 2 N–H and O–H groups in total. The molecule has 5 nitrogen and oxygen atoms in total. The molecule has 0 aliphatic carbocycles. The molecule has 0 amide bonds. The van der Waals surface area contributed by atoms with Gasteiger partial charge in [-0.1, -0.05) is 6.92 Å². The summed E-state index contributed by atoms with van der Waals surface area (Å²) >= 11 is 0. The van der Waals surface area contributed by atoms with E-state index in [4.69, 9.17) is 0 Å². The average Bonchev–Trinajstić information content (AvgIpc) is 1.79. The number of hydrogen-bond donors (Lipinski definition) is 2. The molecule has 1 fully saturated rings. The van der Waals surface area contributed by atoms with Crippen LogP contribution in [0.1, 0.15) is 19.8 Å². The first-order valence-electron chi connectivity index (χ1n) is 4.16. The topological polar surface area (TPSA) is 77.8 Å². The molecular weight excluding hydrogens is 194 g/mol. The molecular formula is C7H15NO4S. The second-order valence-electron chi connectivity index (χ2n) is 3.71. The number of nitrogens with zero attached hydrogens (tertiary/aromatic N) is 1. The molecule has 0 aromatic carbocycles.